The largest absolute Gasteiger partial charge is 0.442 e. The van der Waals surface area contributed by atoms with E-state index in [0.29, 0.717) is 5.69 Å². The van der Waals surface area contributed by atoms with Gasteiger partial charge in [-0.3, -0.25) is 14.5 Å². The van der Waals surface area contributed by atoms with Crippen molar-refractivity contribution >= 4 is 53.5 Å². The molecule has 2 N–H and O–H groups in total. The predicted molar refractivity (Wildman–Crippen MR) is 108 cm³/mol. The number of nitrogens with one attached hydrogen (secondary N) is 2. The van der Waals surface area contributed by atoms with Crippen LogP contribution in [0.2, 0.25) is 5.15 Å². The third-order valence-electron chi connectivity index (χ3n) is 4.04. The summed E-state index contributed by atoms with van der Waals surface area (Å²) in [5, 5.41) is 5.34. The average molecular weight is 439 g/mol. The number of pyridine rings is 1. The molecule has 11 heteroatoms. The highest BCUT2D eigenvalue weighted by molar-refractivity contribution is 7.81. The Hall–Kier alpha value is -2.85. The number of amides is 3. The maximum Gasteiger partial charge on any atom is 0.414 e. The Labute approximate surface area is 175 Å². The van der Waals surface area contributed by atoms with E-state index in [1.165, 1.54) is 35.4 Å². The lowest BCUT2D eigenvalue weighted by atomic mass is 10.1. The standard InChI is InChI=1S/C18H16ClFN4O4S/c19-15-4-1-10(6-21-15)23-17(26)13-3-2-11(5-14(13)20)24-8-12(28-18(24)27)7-22-16(25)9-29/h1-6,12,29H,7-9H2,(H,22,25)(H,23,26)/t12-/m0/s1. The summed E-state index contributed by atoms with van der Waals surface area (Å²) in [7, 11) is 0. The zero-order valence-corrected chi connectivity index (χ0v) is 16.5. The van der Waals surface area contributed by atoms with Gasteiger partial charge in [-0.25, -0.2) is 14.2 Å². The molecular weight excluding hydrogens is 423 g/mol. The van der Waals surface area contributed by atoms with Crippen LogP contribution in [-0.2, 0) is 9.53 Å². The number of benzene rings is 1. The normalized spacial score (nSPS) is 15.8. The van der Waals surface area contributed by atoms with E-state index < -0.39 is 23.9 Å². The van der Waals surface area contributed by atoms with Crippen LogP contribution in [0.3, 0.4) is 0 Å². The fourth-order valence-electron chi connectivity index (χ4n) is 2.63. The van der Waals surface area contributed by atoms with Gasteiger partial charge >= 0.3 is 6.09 Å². The quantitative estimate of drug-likeness (QED) is 0.475. The molecule has 0 aliphatic carbocycles. The summed E-state index contributed by atoms with van der Waals surface area (Å²) >= 11 is 9.53. The van der Waals surface area contributed by atoms with Crippen LogP contribution in [0.15, 0.2) is 36.5 Å². The van der Waals surface area contributed by atoms with E-state index in [-0.39, 0.29) is 41.2 Å². The van der Waals surface area contributed by atoms with Crippen molar-refractivity contribution in [1.82, 2.24) is 10.3 Å². The molecule has 1 atom stereocenters. The molecule has 0 bridgehead atoms. The average Bonchev–Trinajstić information content (AvgIpc) is 3.08. The van der Waals surface area contributed by atoms with Crippen molar-refractivity contribution < 1.29 is 23.5 Å². The van der Waals surface area contributed by atoms with Gasteiger partial charge in [0.15, 0.2) is 0 Å². The Morgan fingerprint density at radius 3 is 2.79 bits per heavy atom. The maximum atomic E-state index is 14.5. The van der Waals surface area contributed by atoms with Crippen LogP contribution < -0.4 is 15.5 Å². The van der Waals surface area contributed by atoms with Crippen molar-refractivity contribution in [3.63, 3.8) is 0 Å². The van der Waals surface area contributed by atoms with Gasteiger partial charge in [0.2, 0.25) is 5.91 Å². The molecule has 0 radical (unpaired) electrons. The minimum absolute atomic E-state index is 0.0190. The fourth-order valence-corrected chi connectivity index (χ4v) is 2.85. The van der Waals surface area contributed by atoms with E-state index in [1.807, 2.05) is 0 Å². The molecule has 0 spiro atoms. The number of carbonyl (C=O) groups is 3. The maximum absolute atomic E-state index is 14.5. The number of rotatable bonds is 6. The van der Waals surface area contributed by atoms with Crippen molar-refractivity contribution in [2.24, 2.45) is 0 Å². The first kappa shape index (κ1) is 20.9. The smallest absolute Gasteiger partial charge is 0.414 e. The molecule has 1 saturated heterocycles. The highest BCUT2D eigenvalue weighted by atomic mass is 35.5. The Morgan fingerprint density at radius 2 is 2.14 bits per heavy atom. The molecule has 152 valence electrons. The molecular formula is C18H16ClFN4O4S. The molecule has 1 aromatic heterocycles. The number of thiol groups is 1. The second-order valence-corrected chi connectivity index (χ2v) is 6.77. The van der Waals surface area contributed by atoms with Gasteiger partial charge in [0, 0.05) is 0 Å². The second kappa shape index (κ2) is 9.10. The molecule has 8 nitrogen and oxygen atoms in total. The number of nitrogens with zero attached hydrogens (tertiary/aromatic N) is 2. The summed E-state index contributed by atoms with van der Waals surface area (Å²) in [6.07, 6.45) is 0.105. The summed E-state index contributed by atoms with van der Waals surface area (Å²) in [4.78, 5) is 40.7. The molecule has 3 amide bonds. The number of hydrogen-bond donors (Lipinski definition) is 3. The Bertz CT molecular complexity index is 944. The number of carbonyl (C=O) groups excluding carboxylic acids is 3. The first-order valence-corrected chi connectivity index (χ1v) is 9.46. The number of anilines is 2. The number of ether oxygens (including phenoxy) is 1. The van der Waals surface area contributed by atoms with Gasteiger partial charge in [-0.2, -0.15) is 12.6 Å². The number of hydrogen-bond acceptors (Lipinski definition) is 6. The molecule has 1 fully saturated rings. The molecule has 1 aliphatic heterocycles. The van der Waals surface area contributed by atoms with Crippen molar-refractivity contribution in [3.05, 3.63) is 53.1 Å². The van der Waals surface area contributed by atoms with E-state index in [9.17, 15) is 18.8 Å². The molecule has 0 saturated carbocycles. The zero-order chi connectivity index (χ0) is 21.0. The molecule has 29 heavy (non-hydrogen) atoms. The third kappa shape index (κ3) is 5.15. The molecule has 1 aromatic carbocycles. The number of cyclic esters (lactones) is 1. The SMILES string of the molecule is O=C(CS)NC[C@H]1CN(c2ccc(C(=O)Nc3ccc(Cl)nc3)c(F)c2)C(=O)O1. The van der Waals surface area contributed by atoms with E-state index in [4.69, 9.17) is 16.3 Å². The van der Waals surface area contributed by atoms with Crippen LogP contribution in [0, 0.1) is 5.82 Å². The first-order chi connectivity index (χ1) is 13.9. The van der Waals surface area contributed by atoms with Crippen LogP contribution in [0.25, 0.3) is 0 Å². The van der Waals surface area contributed by atoms with E-state index in [0.717, 1.165) is 6.07 Å². The van der Waals surface area contributed by atoms with Crippen molar-refractivity contribution in [2.45, 2.75) is 6.10 Å². The van der Waals surface area contributed by atoms with Crippen molar-refractivity contribution in [3.8, 4) is 0 Å². The molecule has 2 heterocycles. The summed E-state index contributed by atoms with van der Waals surface area (Å²) in [5.41, 5.74) is 0.395. The van der Waals surface area contributed by atoms with Gasteiger partial charge in [0.1, 0.15) is 17.1 Å². The molecule has 3 rings (SSSR count). The van der Waals surface area contributed by atoms with Gasteiger partial charge in [-0.05, 0) is 30.3 Å². The Morgan fingerprint density at radius 1 is 1.34 bits per heavy atom. The summed E-state index contributed by atoms with van der Waals surface area (Å²) in [5.74, 6) is -1.75. The minimum atomic E-state index is -0.804. The van der Waals surface area contributed by atoms with Gasteiger partial charge in [-0.15, -0.1) is 0 Å². The zero-order valence-electron chi connectivity index (χ0n) is 14.9. The minimum Gasteiger partial charge on any atom is -0.442 e. The summed E-state index contributed by atoms with van der Waals surface area (Å²) < 4.78 is 19.7. The van der Waals surface area contributed by atoms with E-state index in [2.05, 4.69) is 28.2 Å². The lowest BCUT2D eigenvalue weighted by Crippen LogP contribution is -2.35. The Kier molecular flexibility index (Phi) is 6.55. The summed E-state index contributed by atoms with van der Waals surface area (Å²) in [6.45, 7) is 0.257. The van der Waals surface area contributed by atoms with Crippen LogP contribution >= 0.6 is 24.2 Å². The topological polar surface area (TPSA) is 101 Å². The molecule has 0 unspecified atom stereocenters. The lowest BCUT2D eigenvalue weighted by molar-refractivity contribution is -0.118. The molecule has 2 aromatic rings. The monoisotopic (exact) mass is 438 g/mol. The van der Waals surface area contributed by atoms with E-state index in [1.54, 1.807) is 0 Å². The number of aromatic nitrogens is 1. The highest BCUT2D eigenvalue weighted by Crippen LogP contribution is 2.24. The first-order valence-electron chi connectivity index (χ1n) is 8.45. The van der Waals surface area contributed by atoms with Crippen LogP contribution in [0.4, 0.5) is 20.6 Å². The van der Waals surface area contributed by atoms with Crippen molar-refractivity contribution in [2.75, 3.05) is 29.1 Å². The van der Waals surface area contributed by atoms with Gasteiger partial charge in [0.05, 0.1) is 42.0 Å². The van der Waals surface area contributed by atoms with Crippen molar-refractivity contribution in [1.29, 1.82) is 0 Å². The fraction of sp³-hybridized carbons (Fsp3) is 0.222. The van der Waals surface area contributed by atoms with Gasteiger partial charge in [0.25, 0.3) is 5.91 Å². The predicted octanol–water partition coefficient (Wildman–Crippen LogP) is 2.50. The van der Waals surface area contributed by atoms with Gasteiger partial charge in [-0.1, -0.05) is 11.6 Å². The molecule has 1 aliphatic rings. The van der Waals surface area contributed by atoms with Crippen LogP contribution in [0.5, 0.6) is 0 Å². The Balaban J connectivity index is 1.67. The summed E-state index contributed by atoms with van der Waals surface area (Å²) in [6, 6.07) is 6.81. The van der Waals surface area contributed by atoms with Crippen LogP contribution in [0.1, 0.15) is 10.4 Å². The third-order valence-corrected chi connectivity index (χ3v) is 4.55. The lowest BCUT2D eigenvalue weighted by Gasteiger charge is -2.14. The highest BCUT2D eigenvalue weighted by Gasteiger charge is 2.33. The van der Waals surface area contributed by atoms with E-state index >= 15 is 0 Å². The number of halogens is 2. The van der Waals surface area contributed by atoms with Gasteiger partial charge < -0.3 is 15.4 Å². The van der Waals surface area contributed by atoms with Crippen LogP contribution in [-0.4, -0.2) is 47.8 Å². The second-order valence-electron chi connectivity index (χ2n) is 6.07.